The van der Waals surface area contributed by atoms with E-state index in [-0.39, 0.29) is 0 Å². The third-order valence-corrected chi connectivity index (χ3v) is 2.54. The van der Waals surface area contributed by atoms with Crippen LogP contribution in [0.25, 0.3) is 0 Å². The summed E-state index contributed by atoms with van der Waals surface area (Å²) in [4.78, 5) is 4.37. The molecule has 1 aliphatic heterocycles. The third kappa shape index (κ3) is 1.14. The van der Waals surface area contributed by atoms with Crippen LogP contribution in [0.2, 0.25) is 0 Å². The highest BCUT2D eigenvalue weighted by Gasteiger charge is 2.17. The summed E-state index contributed by atoms with van der Waals surface area (Å²) in [5.74, 6) is 1.22. The minimum absolute atomic E-state index is 0.331. The fourth-order valence-electron chi connectivity index (χ4n) is 1.80. The number of imidazole rings is 1. The molecule has 3 heteroatoms. The van der Waals surface area contributed by atoms with Crippen LogP contribution in [0, 0.1) is 0 Å². The number of nitrogens with two attached hydrogens (primary N) is 1. The molecule has 0 aliphatic carbocycles. The monoisotopic (exact) mass is 165 g/mol. The van der Waals surface area contributed by atoms with Crippen molar-refractivity contribution in [1.29, 1.82) is 0 Å². The first-order valence-corrected chi connectivity index (χ1v) is 4.60. The van der Waals surface area contributed by atoms with Gasteiger partial charge in [0.1, 0.15) is 5.82 Å². The van der Waals surface area contributed by atoms with E-state index in [9.17, 15) is 0 Å². The third-order valence-electron chi connectivity index (χ3n) is 2.54. The Kier molecular flexibility index (Phi) is 1.89. The van der Waals surface area contributed by atoms with Gasteiger partial charge in [0.25, 0.3) is 0 Å². The highest BCUT2D eigenvalue weighted by Crippen LogP contribution is 2.15. The number of rotatable bonds is 1. The zero-order chi connectivity index (χ0) is 8.55. The van der Waals surface area contributed by atoms with Gasteiger partial charge in [0.05, 0.1) is 0 Å². The first kappa shape index (κ1) is 7.80. The minimum Gasteiger partial charge on any atom is -0.331 e. The first-order valence-electron chi connectivity index (χ1n) is 4.60. The van der Waals surface area contributed by atoms with Crippen molar-refractivity contribution in [3.05, 3.63) is 17.7 Å². The maximum atomic E-state index is 5.88. The topological polar surface area (TPSA) is 43.8 Å². The van der Waals surface area contributed by atoms with Gasteiger partial charge in [0.15, 0.2) is 0 Å². The molecule has 2 rings (SSSR count). The molecule has 3 nitrogen and oxygen atoms in total. The molecule has 0 fully saturated rings. The SMILES string of the molecule is CCc1cnc2n1CC(N)CC2. The second kappa shape index (κ2) is 2.90. The highest BCUT2D eigenvalue weighted by molar-refractivity contribution is 5.08. The Morgan fingerprint density at radius 1 is 1.75 bits per heavy atom. The number of aryl methyl sites for hydroxylation is 2. The van der Waals surface area contributed by atoms with Crippen LogP contribution < -0.4 is 5.73 Å². The van der Waals surface area contributed by atoms with E-state index in [0.29, 0.717) is 6.04 Å². The molecule has 0 spiro atoms. The number of hydrogen-bond donors (Lipinski definition) is 1. The van der Waals surface area contributed by atoms with Crippen molar-refractivity contribution in [2.24, 2.45) is 5.73 Å². The van der Waals surface area contributed by atoms with Crippen molar-refractivity contribution in [2.45, 2.75) is 38.8 Å². The molecular weight excluding hydrogens is 150 g/mol. The second-order valence-electron chi connectivity index (χ2n) is 3.43. The summed E-state index contributed by atoms with van der Waals surface area (Å²) in [5, 5.41) is 0. The van der Waals surface area contributed by atoms with Crippen molar-refractivity contribution >= 4 is 0 Å². The van der Waals surface area contributed by atoms with Gasteiger partial charge in [0.2, 0.25) is 0 Å². The van der Waals surface area contributed by atoms with Gasteiger partial charge in [-0.05, 0) is 12.8 Å². The lowest BCUT2D eigenvalue weighted by Gasteiger charge is -2.21. The number of hydrogen-bond acceptors (Lipinski definition) is 2. The Hall–Kier alpha value is -0.830. The van der Waals surface area contributed by atoms with E-state index in [1.165, 1.54) is 11.5 Å². The van der Waals surface area contributed by atoms with Gasteiger partial charge in [-0.1, -0.05) is 6.92 Å². The maximum Gasteiger partial charge on any atom is 0.108 e. The fraction of sp³-hybridized carbons (Fsp3) is 0.667. The predicted octanol–water partition coefficient (Wildman–Crippen LogP) is 0.719. The van der Waals surface area contributed by atoms with E-state index >= 15 is 0 Å². The normalized spacial score (nSPS) is 22.3. The smallest absolute Gasteiger partial charge is 0.108 e. The summed E-state index contributed by atoms with van der Waals surface area (Å²) in [7, 11) is 0. The highest BCUT2D eigenvalue weighted by atomic mass is 15.1. The van der Waals surface area contributed by atoms with Crippen LogP contribution in [0.3, 0.4) is 0 Å². The molecule has 0 radical (unpaired) electrons. The standard InChI is InChI=1S/C9H15N3/c1-2-8-5-11-9-4-3-7(10)6-12(8)9/h5,7H,2-4,6,10H2,1H3. The molecule has 66 valence electrons. The van der Waals surface area contributed by atoms with Crippen molar-refractivity contribution in [3.63, 3.8) is 0 Å². The molecule has 0 aromatic carbocycles. The van der Waals surface area contributed by atoms with Crippen LogP contribution >= 0.6 is 0 Å². The lowest BCUT2D eigenvalue weighted by atomic mass is 10.1. The molecule has 0 amide bonds. The van der Waals surface area contributed by atoms with Crippen LogP contribution in [0.1, 0.15) is 24.9 Å². The van der Waals surface area contributed by atoms with Gasteiger partial charge < -0.3 is 10.3 Å². The number of nitrogens with zero attached hydrogens (tertiary/aromatic N) is 2. The van der Waals surface area contributed by atoms with Crippen LogP contribution in [-0.2, 0) is 19.4 Å². The first-order chi connectivity index (χ1) is 5.81. The van der Waals surface area contributed by atoms with Crippen molar-refractivity contribution in [1.82, 2.24) is 9.55 Å². The Morgan fingerprint density at radius 2 is 2.58 bits per heavy atom. The van der Waals surface area contributed by atoms with Gasteiger partial charge in [0, 0.05) is 30.9 Å². The molecule has 2 heterocycles. The molecule has 1 aromatic heterocycles. The van der Waals surface area contributed by atoms with E-state index in [4.69, 9.17) is 5.73 Å². The second-order valence-corrected chi connectivity index (χ2v) is 3.43. The molecule has 0 bridgehead atoms. The summed E-state index contributed by atoms with van der Waals surface area (Å²) in [6.07, 6.45) is 5.16. The van der Waals surface area contributed by atoms with Gasteiger partial charge in [-0.15, -0.1) is 0 Å². The zero-order valence-electron chi connectivity index (χ0n) is 7.45. The van der Waals surface area contributed by atoms with Gasteiger partial charge in [-0.3, -0.25) is 0 Å². The zero-order valence-corrected chi connectivity index (χ0v) is 7.45. The predicted molar refractivity (Wildman–Crippen MR) is 47.9 cm³/mol. The van der Waals surface area contributed by atoms with Gasteiger partial charge >= 0.3 is 0 Å². The molecule has 12 heavy (non-hydrogen) atoms. The number of fused-ring (bicyclic) bond motifs is 1. The van der Waals surface area contributed by atoms with Crippen LogP contribution in [0.5, 0.6) is 0 Å². The lowest BCUT2D eigenvalue weighted by molar-refractivity contribution is 0.445. The summed E-state index contributed by atoms with van der Waals surface area (Å²) in [6.45, 7) is 3.11. The summed E-state index contributed by atoms with van der Waals surface area (Å²) < 4.78 is 2.27. The lowest BCUT2D eigenvalue weighted by Crippen LogP contribution is -2.32. The summed E-state index contributed by atoms with van der Waals surface area (Å²) in [5.41, 5.74) is 7.20. The molecule has 2 N–H and O–H groups in total. The molecule has 1 aliphatic rings. The molecular formula is C9H15N3. The van der Waals surface area contributed by atoms with Crippen LogP contribution in [0.15, 0.2) is 6.20 Å². The van der Waals surface area contributed by atoms with Crippen molar-refractivity contribution in [2.75, 3.05) is 0 Å². The number of aromatic nitrogens is 2. The van der Waals surface area contributed by atoms with E-state index in [1.54, 1.807) is 0 Å². The van der Waals surface area contributed by atoms with Crippen LogP contribution in [-0.4, -0.2) is 15.6 Å². The van der Waals surface area contributed by atoms with E-state index in [2.05, 4.69) is 16.5 Å². The molecule has 1 aromatic rings. The van der Waals surface area contributed by atoms with E-state index < -0.39 is 0 Å². The van der Waals surface area contributed by atoms with Crippen molar-refractivity contribution < 1.29 is 0 Å². The van der Waals surface area contributed by atoms with Gasteiger partial charge in [-0.2, -0.15) is 0 Å². The Labute approximate surface area is 72.6 Å². The van der Waals surface area contributed by atoms with Gasteiger partial charge in [-0.25, -0.2) is 4.98 Å². The summed E-state index contributed by atoms with van der Waals surface area (Å²) >= 11 is 0. The van der Waals surface area contributed by atoms with Crippen LogP contribution in [0.4, 0.5) is 0 Å². The maximum absolute atomic E-state index is 5.88. The van der Waals surface area contributed by atoms with E-state index in [0.717, 1.165) is 25.8 Å². The average Bonchev–Trinajstić information content (AvgIpc) is 2.46. The Balaban J connectivity index is 2.34. The summed E-state index contributed by atoms with van der Waals surface area (Å²) in [6, 6.07) is 0.331. The molecule has 1 atom stereocenters. The quantitative estimate of drug-likeness (QED) is 0.666. The average molecular weight is 165 g/mol. The molecule has 0 saturated heterocycles. The Bertz CT molecular complexity index is 264. The minimum atomic E-state index is 0.331. The van der Waals surface area contributed by atoms with E-state index in [1.807, 2.05) is 6.20 Å². The fourth-order valence-corrected chi connectivity index (χ4v) is 1.80. The molecule has 0 saturated carbocycles. The van der Waals surface area contributed by atoms with Crippen molar-refractivity contribution in [3.8, 4) is 0 Å². The largest absolute Gasteiger partial charge is 0.331 e. The Morgan fingerprint density at radius 3 is 3.33 bits per heavy atom. The molecule has 1 unspecified atom stereocenters.